The van der Waals surface area contributed by atoms with Crippen LogP contribution in [0.2, 0.25) is 0 Å². The largest absolute Gasteiger partial charge is 0.389 e. The van der Waals surface area contributed by atoms with Gasteiger partial charge in [-0.1, -0.05) is 0 Å². The molecule has 0 atom stereocenters. The zero-order valence-electron chi connectivity index (χ0n) is 4.76. The van der Waals surface area contributed by atoms with Crippen molar-refractivity contribution in [1.29, 1.82) is 0 Å². The summed E-state index contributed by atoms with van der Waals surface area (Å²) in [5, 5.41) is 9.18. The molecule has 0 aromatic heterocycles. The molecular weight excluding hydrogens is 104 g/mol. The van der Waals surface area contributed by atoms with E-state index in [2.05, 4.69) is 0 Å². The van der Waals surface area contributed by atoms with Crippen LogP contribution in [0, 0.1) is 0 Å². The summed E-state index contributed by atoms with van der Waals surface area (Å²) in [7, 11) is 0. The highest BCUT2D eigenvalue weighted by molar-refractivity contribution is 5.51. The quantitative estimate of drug-likeness (QED) is 0.530. The van der Waals surface area contributed by atoms with Crippen LogP contribution >= 0.6 is 0 Å². The van der Waals surface area contributed by atoms with Gasteiger partial charge >= 0.3 is 0 Å². The smallest absolute Gasteiger partial charge is 0.122 e. The minimum atomic E-state index is -0.595. The molecule has 0 radical (unpaired) electrons. The van der Waals surface area contributed by atoms with Gasteiger partial charge in [-0.15, -0.1) is 0 Å². The maximum Gasteiger partial charge on any atom is 0.122 e. The number of aliphatic hydroxyl groups is 1. The summed E-state index contributed by atoms with van der Waals surface area (Å²) >= 11 is 0. The van der Waals surface area contributed by atoms with Gasteiger partial charge in [0.15, 0.2) is 0 Å². The van der Waals surface area contributed by atoms with Crippen LogP contribution < -0.4 is 0 Å². The summed E-state index contributed by atoms with van der Waals surface area (Å²) in [5.74, 6) is 0. The molecule has 0 heterocycles. The molecule has 0 aliphatic heterocycles. The molecule has 1 rings (SSSR count). The van der Waals surface area contributed by atoms with Crippen molar-refractivity contribution in [2.75, 3.05) is 0 Å². The molecule has 0 saturated heterocycles. The van der Waals surface area contributed by atoms with Crippen molar-refractivity contribution in [2.24, 2.45) is 0 Å². The van der Waals surface area contributed by atoms with E-state index in [9.17, 15) is 9.90 Å². The summed E-state index contributed by atoms with van der Waals surface area (Å²) in [6, 6.07) is 0. The topological polar surface area (TPSA) is 37.3 Å². The Kier molecular flexibility index (Phi) is 1.34. The second kappa shape index (κ2) is 1.86. The van der Waals surface area contributed by atoms with Crippen molar-refractivity contribution in [1.82, 2.24) is 0 Å². The first-order chi connectivity index (χ1) is 3.77. The van der Waals surface area contributed by atoms with Gasteiger partial charge in [0.05, 0.1) is 5.60 Å². The molecule has 1 N–H and O–H groups in total. The van der Waals surface area contributed by atoms with Crippen LogP contribution in [0.15, 0.2) is 0 Å². The number of hydrogen-bond acceptors (Lipinski definition) is 2. The summed E-state index contributed by atoms with van der Waals surface area (Å²) in [6.45, 7) is 0. The van der Waals surface area contributed by atoms with Crippen molar-refractivity contribution >= 4 is 6.29 Å². The van der Waals surface area contributed by atoms with E-state index in [0.717, 1.165) is 25.5 Å². The summed E-state index contributed by atoms with van der Waals surface area (Å²) in [4.78, 5) is 9.85. The molecule has 0 amide bonds. The van der Waals surface area contributed by atoms with E-state index in [1.165, 1.54) is 0 Å². The number of aldehydes is 1. The third-order valence-corrected chi connectivity index (χ3v) is 1.75. The Morgan fingerprint density at radius 1 is 1.62 bits per heavy atom. The molecule has 0 bridgehead atoms. The van der Waals surface area contributed by atoms with Crippen LogP contribution in [0.25, 0.3) is 0 Å². The molecule has 8 heavy (non-hydrogen) atoms. The normalized spacial score (nSPS) is 24.1. The molecule has 2 nitrogen and oxygen atoms in total. The van der Waals surface area contributed by atoms with Crippen molar-refractivity contribution in [3.63, 3.8) is 0 Å². The van der Waals surface area contributed by atoms with Gasteiger partial charge in [0, 0.05) is 6.42 Å². The number of carbonyl (C=O) groups excluding carboxylic acids is 1. The molecule has 1 aliphatic carbocycles. The minimum absolute atomic E-state index is 0.326. The van der Waals surface area contributed by atoms with Gasteiger partial charge in [-0.05, 0) is 19.3 Å². The number of hydrogen-bond donors (Lipinski definition) is 1. The fourth-order valence-electron chi connectivity index (χ4n) is 0.944. The number of rotatable bonds is 2. The Morgan fingerprint density at radius 3 is 2.38 bits per heavy atom. The maximum absolute atomic E-state index is 9.85. The zero-order chi connectivity index (χ0) is 6.04. The molecule has 1 saturated carbocycles. The molecule has 0 spiro atoms. The Labute approximate surface area is 48.5 Å². The Balaban J connectivity index is 2.29. The van der Waals surface area contributed by atoms with Crippen molar-refractivity contribution in [3.05, 3.63) is 0 Å². The first-order valence-corrected chi connectivity index (χ1v) is 2.93. The number of carbonyl (C=O) groups is 1. The predicted molar refractivity (Wildman–Crippen MR) is 29.5 cm³/mol. The molecule has 0 unspecified atom stereocenters. The molecular formula is C6H10O2. The van der Waals surface area contributed by atoms with E-state index in [1.807, 2.05) is 0 Å². The Morgan fingerprint density at radius 2 is 2.25 bits per heavy atom. The predicted octanol–water partition coefficient (Wildman–Crippen LogP) is 0.490. The van der Waals surface area contributed by atoms with Crippen molar-refractivity contribution in [2.45, 2.75) is 31.3 Å². The first kappa shape index (κ1) is 5.76. The lowest BCUT2D eigenvalue weighted by atomic mass is 9.78. The Hall–Kier alpha value is -0.370. The first-order valence-electron chi connectivity index (χ1n) is 2.93. The van der Waals surface area contributed by atoms with Gasteiger partial charge in [0.2, 0.25) is 0 Å². The van der Waals surface area contributed by atoms with E-state index in [-0.39, 0.29) is 0 Å². The second-order valence-corrected chi connectivity index (χ2v) is 2.45. The molecule has 1 fully saturated rings. The van der Waals surface area contributed by atoms with E-state index >= 15 is 0 Å². The van der Waals surface area contributed by atoms with E-state index in [4.69, 9.17) is 0 Å². The molecule has 0 aromatic rings. The van der Waals surface area contributed by atoms with Crippen LogP contribution in [0.3, 0.4) is 0 Å². The third-order valence-electron chi connectivity index (χ3n) is 1.75. The average molecular weight is 114 g/mol. The third kappa shape index (κ3) is 0.892. The highest BCUT2D eigenvalue weighted by Crippen LogP contribution is 2.33. The van der Waals surface area contributed by atoms with Gasteiger partial charge in [-0.25, -0.2) is 0 Å². The van der Waals surface area contributed by atoms with Crippen LogP contribution in [0.1, 0.15) is 25.7 Å². The molecule has 2 heteroatoms. The summed E-state index contributed by atoms with van der Waals surface area (Å²) < 4.78 is 0. The summed E-state index contributed by atoms with van der Waals surface area (Å²) in [6.07, 6.45) is 3.81. The lowest BCUT2D eigenvalue weighted by Crippen LogP contribution is -2.36. The second-order valence-electron chi connectivity index (χ2n) is 2.45. The Bertz CT molecular complexity index is 94.7. The van der Waals surface area contributed by atoms with Crippen molar-refractivity contribution in [3.8, 4) is 0 Å². The van der Waals surface area contributed by atoms with Crippen LogP contribution in [0.5, 0.6) is 0 Å². The molecule has 0 aromatic carbocycles. The average Bonchev–Trinajstić information content (AvgIpc) is 1.64. The fraction of sp³-hybridized carbons (Fsp3) is 0.833. The maximum atomic E-state index is 9.85. The van der Waals surface area contributed by atoms with Gasteiger partial charge in [-0.2, -0.15) is 0 Å². The van der Waals surface area contributed by atoms with Crippen LogP contribution in [-0.4, -0.2) is 17.0 Å². The fourth-order valence-corrected chi connectivity index (χ4v) is 0.944. The van der Waals surface area contributed by atoms with Gasteiger partial charge in [0.25, 0.3) is 0 Å². The van der Waals surface area contributed by atoms with E-state index < -0.39 is 5.60 Å². The molecule has 46 valence electrons. The zero-order valence-corrected chi connectivity index (χ0v) is 4.76. The van der Waals surface area contributed by atoms with E-state index in [0.29, 0.717) is 6.42 Å². The summed E-state index contributed by atoms with van der Waals surface area (Å²) in [5.41, 5.74) is -0.595. The van der Waals surface area contributed by atoms with Gasteiger partial charge in [-0.3, -0.25) is 0 Å². The highest BCUT2D eigenvalue weighted by Gasteiger charge is 2.33. The van der Waals surface area contributed by atoms with Crippen LogP contribution in [0.4, 0.5) is 0 Å². The van der Waals surface area contributed by atoms with Gasteiger partial charge in [0.1, 0.15) is 6.29 Å². The standard InChI is InChI=1S/C6H10O2/c7-5-4-6(8)2-1-3-6/h5,8H,1-4H2. The van der Waals surface area contributed by atoms with Gasteiger partial charge < -0.3 is 9.90 Å². The van der Waals surface area contributed by atoms with E-state index in [1.54, 1.807) is 0 Å². The minimum Gasteiger partial charge on any atom is -0.389 e. The SMILES string of the molecule is O=CCC1(O)CCC1. The molecule has 1 aliphatic rings. The van der Waals surface area contributed by atoms with Crippen molar-refractivity contribution < 1.29 is 9.90 Å². The highest BCUT2D eigenvalue weighted by atomic mass is 16.3. The lowest BCUT2D eigenvalue weighted by Gasteiger charge is -2.34. The lowest BCUT2D eigenvalue weighted by molar-refractivity contribution is -0.116. The van der Waals surface area contributed by atoms with Crippen LogP contribution in [-0.2, 0) is 4.79 Å². The monoisotopic (exact) mass is 114 g/mol.